The molecule has 3 rings (SSSR count). The van der Waals surface area contributed by atoms with E-state index in [1.165, 1.54) is 12.1 Å². The average molecular weight is 408 g/mol. The molecule has 1 aromatic heterocycles. The molecule has 0 spiro atoms. The number of nitrogens with zero attached hydrogens (tertiary/aromatic N) is 3. The zero-order chi connectivity index (χ0) is 18.8. The third-order valence-corrected chi connectivity index (χ3v) is 4.34. The molecule has 0 saturated heterocycles. The molecule has 3 aromatic rings. The number of carbonyl (C=O) groups is 1. The van der Waals surface area contributed by atoms with Crippen molar-refractivity contribution < 1.29 is 9.18 Å². The van der Waals surface area contributed by atoms with E-state index in [-0.39, 0.29) is 18.0 Å². The summed E-state index contributed by atoms with van der Waals surface area (Å²) in [6, 6.07) is 11.0. The summed E-state index contributed by atoms with van der Waals surface area (Å²) in [6.45, 7) is 0.666. The third-order valence-electron chi connectivity index (χ3n) is 4.10. The maximum Gasteiger partial charge on any atom is 0.196 e. The Balaban J connectivity index is 0.00000261. The Morgan fingerprint density at radius 1 is 1.19 bits per heavy atom. The second kappa shape index (κ2) is 8.65. The first kappa shape index (κ1) is 21.1. The highest BCUT2D eigenvalue weighted by atomic mass is 35.5. The van der Waals surface area contributed by atoms with Gasteiger partial charge in [0.25, 0.3) is 0 Å². The predicted octanol–water partition coefficient (Wildman–Crippen LogP) is 4.59. The van der Waals surface area contributed by atoms with Crippen molar-refractivity contribution in [1.82, 2.24) is 14.7 Å². The van der Waals surface area contributed by atoms with Crippen molar-refractivity contribution in [3.05, 3.63) is 76.2 Å². The van der Waals surface area contributed by atoms with E-state index in [4.69, 9.17) is 11.6 Å². The van der Waals surface area contributed by atoms with Crippen LogP contribution in [0.5, 0.6) is 0 Å². The van der Waals surface area contributed by atoms with Crippen molar-refractivity contribution in [2.45, 2.75) is 6.54 Å². The minimum atomic E-state index is -0.554. The smallest absolute Gasteiger partial charge is 0.196 e. The molecular formula is C20H20Cl2FN3O. The van der Waals surface area contributed by atoms with Crippen LogP contribution in [0.4, 0.5) is 4.39 Å². The molecule has 0 radical (unpaired) electrons. The molecule has 0 fully saturated rings. The molecule has 0 amide bonds. The molecule has 0 aliphatic carbocycles. The SMILES string of the molecule is CN(C)Cc1cnn(C)c1-c1ccc(Cl)cc1C(=O)c1ccccc1F.Cl. The van der Waals surface area contributed by atoms with Gasteiger partial charge in [-0.3, -0.25) is 9.48 Å². The first-order valence-electron chi connectivity index (χ1n) is 8.13. The van der Waals surface area contributed by atoms with Crippen LogP contribution in [0.2, 0.25) is 5.02 Å². The fourth-order valence-corrected chi connectivity index (χ4v) is 3.16. The van der Waals surface area contributed by atoms with Crippen LogP contribution in [0.25, 0.3) is 11.3 Å². The summed E-state index contributed by atoms with van der Waals surface area (Å²) < 4.78 is 15.9. The minimum absolute atomic E-state index is 0. The molecule has 0 bridgehead atoms. The van der Waals surface area contributed by atoms with Crippen LogP contribution in [0.1, 0.15) is 21.5 Å². The maximum atomic E-state index is 14.2. The number of aryl methyl sites for hydroxylation is 1. The quantitative estimate of drug-likeness (QED) is 0.580. The maximum absolute atomic E-state index is 14.2. The molecule has 7 heteroatoms. The fraction of sp³-hybridized carbons (Fsp3) is 0.200. The predicted molar refractivity (Wildman–Crippen MR) is 108 cm³/mol. The van der Waals surface area contributed by atoms with Gasteiger partial charge in [-0.25, -0.2) is 4.39 Å². The lowest BCUT2D eigenvalue weighted by Crippen LogP contribution is -2.12. The Bertz CT molecular complexity index is 970. The number of hydrogen-bond acceptors (Lipinski definition) is 3. The average Bonchev–Trinajstić information content (AvgIpc) is 2.94. The van der Waals surface area contributed by atoms with Gasteiger partial charge < -0.3 is 4.90 Å². The van der Waals surface area contributed by atoms with Crippen molar-refractivity contribution in [2.24, 2.45) is 7.05 Å². The van der Waals surface area contributed by atoms with Gasteiger partial charge in [-0.05, 0) is 38.4 Å². The summed E-state index contributed by atoms with van der Waals surface area (Å²) in [5, 5.41) is 4.75. The summed E-state index contributed by atoms with van der Waals surface area (Å²) in [5.41, 5.74) is 2.84. The van der Waals surface area contributed by atoms with Gasteiger partial charge in [0.05, 0.1) is 17.5 Å². The van der Waals surface area contributed by atoms with E-state index in [1.54, 1.807) is 41.2 Å². The highest BCUT2D eigenvalue weighted by molar-refractivity contribution is 6.31. The van der Waals surface area contributed by atoms with Crippen molar-refractivity contribution >= 4 is 29.8 Å². The van der Waals surface area contributed by atoms with E-state index in [0.717, 1.165) is 11.3 Å². The first-order chi connectivity index (χ1) is 12.4. The van der Waals surface area contributed by atoms with Crippen LogP contribution >= 0.6 is 24.0 Å². The van der Waals surface area contributed by atoms with Crippen LogP contribution in [0, 0.1) is 5.82 Å². The fourth-order valence-electron chi connectivity index (χ4n) is 2.99. The van der Waals surface area contributed by atoms with E-state index in [9.17, 15) is 9.18 Å². The second-order valence-electron chi connectivity index (χ2n) is 6.38. The number of rotatable bonds is 5. The van der Waals surface area contributed by atoms with Gasteiger partial charge in [0, 0.05) is 35.3 Å². The summed E-state index contributed by atoms with van der Waals surface area (Å²) in [5.74, 6) is -0.959. The molecular weight excluding hydrogens is 388 g/mol. The third kappa shape index (κ3) is 4.38. The van der Waals surface area contributed by atoms with Gasteiger partial charge in [-0.15, -0.1) is 12.4 Å². The van der Waals surface area contributed by atoms with Crippen LogP contribution in [-0.2, 0) is 13.6 Å². The van der Waals surface area contributed by atoms with E-state index < -0.39 is 11.6 Å². The normalized spacial score (nSPS) is 10.7. The van der Waals surface area contributed by atoms with Crippen LogP contribution in [0.15, 0.2) is 48.7 Å². The Hall–Kier alpha value is -2.21. The molecule has 0 N–H and O–H groups in total. The number of benzene rings is 2. The van der Waals surface area contributed by atoms with Crippen LogP contribution in [-0.4, -0.2) is 34.6 Å². The molecule has 27 heavy (non-hydrogen) atoms. The monoisotopic (exact) mass is 407 g/mol. The molecule has 0 aliphatic rings. The minimum Gasteiger partial charge on any atom is -0.305 e. The zero-order valence-electron chi connectivity index (χ0n) is 15.2. The Morgan fingerprint density at radius 2 is 1.89 bits per heavy atom. The first-order valence-corrected chi connectivity index (χ1v) is 8.51. The van der Waals surface area contributed by atoms with Crippen molar-refractivity contribution in [3.8, 4) is 11.3 Å². The summed E-state index contributed by atoms with van der Waals surface area (Å²) >= 11 is 6.14. The Labute approximate surface area is 169 Å². The molecule has 142 valence electrons. The second-order valence-corrected chi connectivity index (χ2v) is 6.82. The lowest BCUT2D eigenvalue weighted by atomic mass is 9.94. The Kier molecular flexibility index (Phi) is 6.76. The molecule has 0 aliphatic heterocycles. The molecule has 1 heterocycles. The topological polar surface area (TPSA) is 38.1 Å². The van der Waals surface area contributed by atoms with Gasteiger partial charge >= 0.3 is 0 Å². The van der Waals surface area contributed by atoms with Crippen LogP contribution < -0.4 is 0 Å². The van der Waals surface area contributed by atoms with Gasteiger partial charge in [-0.2, -0.15) is 5.10 Å². The standard InChI is InChI=1S/C20H19ClFN3O.ClH/c1-24(2)12-13-11-23-25(3)19(13)15-9-8-14(21)10-17(15)20(26)16-6-4-5-7-18(16)22;/h4-11H,12H2,1-3H3;1H. The van der Waals surface area contributed by atoms with Gasteiger partial charge in [0.2, 0.25) is 0 Å². The molecule has 0 atom stereocenters. The molecule has 0 saturated carbocycles. The van der Waals surface area contributed by atoms with Gasteiger partial charge in [0.15, 0.2) is 5.78 Å². The molecule has 0 unspecified atom stereocenters. The van der Waals surface area contributed by atoms with Gasteiger partial charge in [0.1, 0.15) is 5.82 Å². The zero-order valence-corrected chi connectivity index (χ0v) is 16.8. The number of aromatic nitrogens is 2. The van der Waals surface area contributed by atoms with Crippen molar-refractivity contribution in [1.29, 1.82) is 0 Å². The van der Waals surface area contributed by atoms with Crippen molar-refractivity contribution in [2.75, 3.05) is 14.1 Å². The number of carbonyl (C=O) groups excluding carboxylic acids is 1. The highest BCUT2D eigenvalue weighted by Gasteiger charge is 2.22. The van der Waals surface area contributed by atoms with Crippen LogP contribution in [0.3, 0.4) is 0 Å². The number of halogens is 3. The van der Waals surface area contributed by atoms with Gasteiger partial charge in [-0.1, -0.05) is 29.8 Å². The molecule has 2 aromatic carbocycles. The highest BCUT2D eigenvalue weighted by Crippen LogP contribution is 2.31. The summed E-state index contributed by atoms with van der Waals surface area (Å²) in [6.07, 6.45) is 1.78. The van der Waals surface area contributed by atoms with E-state index >= 15 is 0 Å². The lowest BCUT2D eigenvalue weighted by Gasteiger charge is -2.14. The van der Waals surface area contributed by atoms with E-state index in [1.807, 2.05) is 26.0 Å². The largest absolute Gasteiger partial charge is 0.305 e. The lowest BCUT2D eigenvalue weighted by molar-refractivity contribution is 0.103. The Morgan fingerprint density at radius 3 is 2.56 bits per heavy atom. The van der Waals surface area contributed by atoms with E-state index in [2.05, 4.69) is 5.10 Å². The number of ketones is 1. The summed E-state index contributed by atoms with van der Waals surface area (Å²) in [4.78, 5) is 15.1. The van der Waals surface area contributed by atoms with E-state index in [0.29, 0.717) is 22.7 Å². The number of hydrogen-bond donors (Lipinski definition) is 0. The van der Waals surface area contributed by atoms with Crippen molar-refractivity contribution in [3.63, 3.8) is 0 Å². The molecule has 4 nitrogen and oxygen atoms in total. The summed E-state index contributed by atoms with van der Waals surface area (Å²) in [7, 11) is 5.74.